The molecule has 3 unspecified atom stereocenters. The largest absolute Gasteiger partial charge is 0.379 e. The monoisotopic (exact) mass is 283 g/mol. The number of amides is 1. The summed E-state index contributed by atoms with van der Waals surface area (Å²) in [7, 11) is 0. The van der Waals surface area contributed by atoms with Crippen molar-refractivity contribution in [3.63, 3.8) is 0 Å². The number of nitrogens with one attached hydrogen (secondary N) is 1. The van der Waals surface area contributed by atoms with E-state index in [4.69, 9.17) is 10.5 Å². The van der Waals surface area contributed by atoms with Gasteiger partial charge in [-0.1, -0.05) is 6.92 Å². The van der Waals surface area contributed by atoms with Gasteiger partial charge in [0.15, 0.2) is 0 Å². The molecule has 0 aromatic rings. The summed E-state index contributed by atoms with van der Waals surface area (Å²) in [6, 6.07) is 0.0467. The van der Waals surface area contributed by atoms with Crippen molar-refractivity contribution in [3.05, 3.63) is 0 Å². The Morgan fingerprint density at radius 2 is 2.10 bits per heavy atom. The van der Waals surface area contributed by atoms with Crippen molar-refractivity contribution in [3.8, 4) is 0 Å². The summed E-state index contributed by atoms with van der Waals surface area (Å²) >= 11 is 0. The number of hydrogen-bond acceptors (Lipinski definition) is 4. The van der Waals surface area contributed by atoms with Gasteiger partial charge >= 0.3 is 0 Å². The van der Waals surface area contributed by atoms with Crippen molar-refractivity contribution < 1.29 is 9.53 Å². The number of nitrogens with two attached hydrogens (primary N) is 1. The van der Waals surface area contributed by atoms with Gasteiger partial charge < -0.3 is 15.8 Å². The van der Waals surface area contributed by atoms with Crippen LogP contribution < -0.4 is 11.1 Å². The Hall–Kier alpha value is -0.650. The molecule has 1 heterocycles. The van der Waals surface area contributed by atoms with Gasteiger partial charge in [0.25, 0.3) is 0 Å². The molecular weight excluding hydrogens is 254 g/mol. The first-order valence-corrected chi connectivity index (χ1v) is 8.00. The zero-order valence-corrected chi connectivity index (χ0v) is 12.6. The van der Waals surface area contributed by atoms with Crippen LogP contribution in [0.1, 0.15) is 32.6 Å². The third-order valence-electron chi connectivity index (χ3n) is 4.56. The number of rotatable bonds is 5. The van der Waals surface area contributed by atoms with E-state index in [0.717, 1.165) is 65.1 Å². The average Bonchev–Trinajstić information content (AvgIpc) is 2.47. The number of ether oxygens (including phenoxy) is 1. The topological polar surface area (TPSA) is 67.6 Å². The van der Waals surface area contributed by atoms with Crippen LogP contribution in [0.2, 0.25) is 0 Å². The molecule has 2 aliphatic rings. The highest BCUT2D eigenvalue weighted by atomic mass is 16.5. The van der Waals surface area contributed by atoms with E-state index in [1.54, 1.807) is 0 Å². The van der Waals surface area contributed by atoms with Crippen LogP contribution in [0.15, 0.2) is 0 Å². The number of nitrogens with zero attached hydrogens (tertiary/aromatic N) is 1. The molecule has 3 N–H and O–H groups in total. The molecular formula is C15H29N3O2. The highest BCUT2D eigenvalue weighted by molar-refractivity contribution is 5.79. The van der Waals surface area contributed by atoms with Gasteiger partial charge in [-0.05, 0) is 38.1 Å². The molecule has 2 rings (SSSR count). The Labute approximate surface area is 122 Å². The van der Waals surface area contributed by atoms with Crippen LogP contribution in [0, 0.1) is 11.8 Å². The maximum absolute atomic E-state index is 12.2. The van der Waals surface area contributed by atoms with Crippen molar-refractivity contribution in [2.75, 3.05) is 39.4 Å². The molecule has 0 spiro atoms. The minimum atomic E-state index is 0.0159. The van der Waals surface area contributed by atoms with E-state index in [9.17, 15) is 4.79 Å². The lowest BCUT2D eigenvalue weighted by molar-refractivity contribution is -0.127. The summed E-state index contributed by atoms with van der Waals surface area (Å²) in [6.07, 6.45) is 4.08. The number of hydrogen-bond donors (Lipinski definition) is 2. The first-order valence-electron chi connectivity index (χ1n) is 8.00. The van der Waals surface area contributed by atoms with Crippen molar-refractivity contribution in [1.82, 2.24) is 10.2 Å². The third-order valence-corrected chi connectivity index (χ3v) is 4.56. The highest BCUT2D eigenvalue weighted by Gasteiger charge is 2.31. The quantitative estimate of drug-likeness (QED) is 0.725. The zero-order valence-electron chi connectivity index (χ0n) is 12.6. The van der Waals surface area contributed by atoms with Crippen molar-refractivity contribution >= 4 is 5.91 Å². The van der Waals surface area contributed by atoms with Crippen molar-refractivity contribution in [2.45, 2.75) is 38.6 Å². The molecule has 1 aliphatic carbocycles. The summed E-state index contributed by atoms with van der Waals surface area (Å²) in [5, 5.41) is 3.07. The molecule has 1 saturated heterocycles. The second kappa shape index (κ2) is 7.96. The lowest BCUT2D eigenvalue weighted by Gasteiger charge is -2.31. The normalized spacial score (nSPS) is 32.0. The molecule has 20 heavy (non-hydrogen) atoms. The standard InChI is InChI=1S/C15H29N3O2/c1-12-3-4-14(16)13(11-12)15(19)17-5-2-6-18-7-9-20-10-8-18/h12-14H,2-11,16H2,1H3,(H,17,19). The Kier molecular flexibility index (Phi) is 6.26. The van der Waals surface area contributed by atoms with E-state index in [0.29, 0.717) is 5.92 Å². The van der Waals surface area contributed by atoms with E-state index in [1.807, 2.05) is 0 Å². The maximum Gasteiger partial charge on any atom is 0.224 e. The molecule has 2 fully saturated rings. The van der Waals surface area contributed by atoms with Crippen molar-refractivity contribution in [2.24, 2.45) is 17.6 Å². The van der Waals surface area contributed by atoms with Crippen molar-refractivity contribution in [1.29, 1.82) is 0 Å². The Balaban J connectivity index is 1.61. The number of morpholine rings is 1. The van der Waals surface area contributed by atoms with Crippen LogP contribution in [-0.4, -0.2) is 56.2 Å². The predicted molar refractivity (Wildman–Crippen MR) is 79.4 cm³/mol. The van der Waals surface area contributed by atoms with E-state index in [2.05, 4.69) is 17.1 Å². The Morgan fingerprint density at radius 3 is 2.85 bits per heavy atom. The van der Waals surface area contributed by atoms with Crippen LogP contribution in [0.3, 0.4) is 0 Å². The summed E-state index contributed by atoms with van der Waals surface area (Å²) < 4.78 is 5.32. The van der Waals surface area contributed by atoms with Crippen LogP contribution in [-0.2, 0) is 9.53 Å². The first kappa shape index (κ1) is 15.7. The SMILES string of the molecule is CC1CCC(N)C(C(=O)NCCCN2CCOCC2)C1. The van der Waals surface area contributed by atoms with E-state index < -0.39 is 0 Å². The van der Waals surface area contributed by atoms with Gasteiger partial charge in [-0.15, -0.1) is 0 Å². The van der Waals surface area contributed by atoms with Gasteiger partial charge in [0.2, 0.25) is 5.91 Å². The smallest absolute Gasteiger partial charge is 0.224 e. The molecule has 0 aromatic heterocycles. The zero-order chi connectivity index (χ0) is 14.4. The second-order valence-electron chi connectivity index (χ2n) is 6.29. The highest BCUT2D eigenvalue weighted by Crippen LogP contribution is 2.27. The molecule has 1 saturated carbocycles. The van der Waals surface area contributed by atoms with E-state index in [-0.39, 0.29) is 17.9 Å². The van der Waals surface area contributed by atoms with Crippen LogP contribution in [0.4, 0.5) is 0 Å². The predicted octanol–water partition coefficient (Wildman–Crippen LogP) is 0.588. The number of carbonyl (C=O) groups is 1. The molecule has 5 heteroatoms. The third kappa shape index (κ3) is 4.72. The lowest BCUT2D eigenvalue weighted by Crippen LogP contribution is -2.45. The van der Waals surface area contributed by atoms with Gasteiger partial charge in [-0.2, -0.15) is 0 Å². The molecule has 1 aliphatic heterocycles. The van der Waals surface area contributed by atoms with Gasteiger partial charge in [0.05, 0.1) is 19.1 Å². The fourth-order valence-electron chi connectivity index (χ4n) is 3.18. The summed E-state index contributed by atoms with van der Waals surface area (Å²) in [5.74, 6) is 0.798. The summed E-state index contributed by atoms with van der Waals surface area (Å²) in [4.78, 5) is 14.6. The van der Waals surface area contributed by atoms with Crippen LogP contribution in [0.25, 0.3) is 0 Å². The lowest BCUT2D eigenvalue weighted by atomic mass is 9.79. The second-order valence-corrected chi connectivity index (χ2v) is 6.29. The minimum absolute atomic E-state index is 0.0159. The number of carbonyl (C=O) groups excluding carboxylic acids is 1. The van der Waals surface area contributed by atoms with Crippen LogP contribution in [0.5, 0.6) is 0 Å². The first-order chi connectivity index (χ1) is 9.66. The Bertz CT molecular complexity index is 305. The molecule has 3 atom stereocenters. The maximum atomic E-state index is 12.2. The molecule has 0 radical (unpaired) electrons. The van der Waals surface area contributed by atoms with Gasteiger partial charge in [-0.25, -0.2) is 0 Å². The summed E-state index contributed by atoms with van der Waals surface area (Å²) in [6.45, 7) is 7.70. The summed E-state index contributed by atoms with van der Waals surface area (Å²) in [5.41, 5.74) is 6.08. The fraction of sp³-hybridized carbons (Fsp3) is 0.933. The van der Waals surface area contributed by atoms with E-state index in [1.165, 1.54) is 0 Å². The molecule has 116 valence electrons. The van der Waals surface area contributed by atoms with Crippen LogP contribution >= 0.6 is 0 Å². The minimum Gasteiger partial charge on any atom is -0.379 e. The molecule has 5 nitrogen and oxygen atoms in total. The molecule has 0 bridgehead atoms. The van der Waals surface area contributed by atoms with Gasteiger partial charge in [0.1, 0.15) is 0 Å². The molecule has 1 amide bonds. The Morgan fingerprint density at radius 1 is 1.35 bits per heavy atom. The average molecular weight is 283 g/mol. The molecule has 0 aromatic carbocycles. The van der Waals surface area contributed by atoms with E-state index >= 15 is 0 Å². The fourth-order valence-corrected chi connectivity index (χ4v) is 3.18. The van der Waals surface area contributed by atoms with Gasteiger partial charge in [0, 0.05) is 25.7 Å². The van der Waals surface area contributed by atoms with Gasteiger partial charge in [-0.3, -0.25) is 9.69 Å².